The Morgan fingerprint density at radius 1 is 1.06 bits per heavy atom. The fraction of sp³-hybridized carbons (Fsp3) is 0.541. The van der Waals surface area contributed by atoms with E-state index >= 15 is 0 Å². The lowest BCUT2D eigenvalue weighted by Crippen LogP contribution is -2.44. The number of amides is 1. The normalized spacial score (nSPS) is 17.9. The summed E-state index contributed by atoms with van der Waals surface area (Å²) in [5.41, 5.74) is 6.10. The maximum absolute atomic E-state index is 14.1. The summed E-state index contributed by atoms with van der Waals surface area (Å²) in [4.78, 5) is 43.2. The number of nitrogens with one attached hydrogen (secondary N) is 2. The van der Waals surface area contributed by atoms with E-state index in [1.54, 1.807) is 6.92 Å². The average Bonchev–Trinajstić information content (AvgIpc) is 3.09. The summed E-state index contributed by atoms with van der Waals surface area (Å²) >= 11 is 0. The number of hydrogen-bond acceptors (Lipinski definition) is 8. The minimum Gasteiger partial charge on any atom is -0.381 e. The maximum Gasteiger partial charge on any atom is 0.401 e. The van der Waals surface area contributed by atoms with Crippen molar-refractivity contribution >= 4 is 17.4 Å². The van der Waals surface area contributed by atoms with Crippen molar-refractivity contribution in [3.05, 3.63) is 74.3 Å². The molecule has 0 saturated carbocycles. The number of H-pyrrole nitrogens is 1. The SMILES string of the molecule is CCN(c1cc(-c2ccc(N3CCN(C)CC3)nc2)cc(C(=O)NCc2c3c(c(C)[nH]c2=O)CN(CC(F)(F)F)CC3)c1C)C1CCOCC1. The molecule has 0 unspecified atom stereocenters. The largest absolute Gasteiger partial charge is 0.401 e. The van der Waals surface area contributed by atoms with Crippen molar-refractivity contribution in [2.75, 3.05) is 75.9 Å². The lowest BCUT2D eigenvalue weighted by atomic mass is 9.94. The third-order valence-corrected chi connectivity index (χ3v) is 10.5. The standard InChI is InChI=1S/C37H48F3N7O3/c1-5-47(28-9-16-50-17-10-28)33-19-27(26-6-7-34(41-20-26)46-14-12-44(4)13-15-46)18-30(24(33)2)35(48)42-21-31-29-8-11-45(23-37(38,39)40)22-32(29)25(3)43-36(31)49/h6-7,18-20,28H,5,8-17,21-23H2,1-4H3,(H,42,48)(H,43,49). The first-order valence-corrected chi connectivity index (χ1v) is 17.6. The number of aromatic nitrogens is 2. The van der Waals surface area contributed by atoms with Crippen LogP contribution in [0.1, 0.15) is 58.1 Å². The number of anilines is 2. The van der Waals surface area contributed by atoms with Crippen molar-refractivity contribution in [2.45, 2.75) is 65.3 Å². The highest BCUT2D eigenvalue weighted by molar-refractivity contribution is 5.99. The van der Waals surface area contributed by atoms with Crippen LogP contribution in [0.4, 0.5) is 24.7 Å². The van der Waals surface area contributed by atoms with E-state index in [1.165, 1.54) is 4.90 Å². The topological polar surface area (TPSA) is 97.0 Å². The number of halogens is 3. The molecule has 0 spiro atoms. The van der Waals surface area contributed by atoms with Crippen LogP contribution in [0.3, 0.4) is 0 Å². The van der Waals surface area contributed by atoms with Gasteiger partial charge in [0, 0.05) is 106 Å². The lowest BCUT2D eigenvalue weighted by molar-refractivity contribution is -0.147. The zero-order valence-corrected chi connectivity index (χ0v) is 29.5. The van der Waals surface area contributed by atoms with Gasteiger partial charge in [-0.1, -0.05) is 0 Å². The average molecular weight is 696 g/mol. The molecular formula is C37H48F3N7O3. The Balaban J connectivity index is 1.30. The smallest absolute Gasteiger partial charge is 0.381 e. The van der Waals surface area contributed by atoms with Crippen LogP contribution in [0.15, 0.2) is 35.3 Å². The molecule has 2 N–H and O–H groups in total. The van der Waals surface area contributed by atoms with E-state index in [9.17, 15) is 22.8 Å². The molecule has 1 aromatic carbocycles. The van der Waals surface area contributed by atoms with Gasteiger partial charge in [0.2, 0.25) is 0 Å². The van der Waals surface area contributed by atoms with E-state index < -0.39 is 12.7 Å². The number of fused-ring (bicyclic) bond motifs is 1. The van der Waals surface area contributed by atoms with Crippen molar-refractivity contribution < 1.29 is 22.7 Å². The Bertz CT molecular complexity index is 1730. The van der Waals surface area contributed by atoms with Gasteiger partial charge in [-0.25, -0.2) is 4.98 Å². The third kappa shape index (κ3) is 8.00. The molecule has 1 amide bonds. The molecule has 0 aliphatic carbocycles. The number of alkyl halides is 3. The maximum atomic E-state index is 14.1. The molecule has 0 bridgehead atoms. The summed E-state index contributed by atoms with van der Waals surface area (Å²) in [5.74, 6) is 0.608. The van der Waals surface area contributed by atoms with Crippen LogP contribution < -0.4 is 20.7 Å². The summed E-state index contributed by atoms with van der Waals surface area (Å²) in [6.07, 6.45) is -0.358. The number of hydrogen-bond donors (Lipinski definition) is 2. The van der Waals surface area contributed by atoms with E-state index in [-0.39, 0.29) is 37.1 Å². The van der Waals surface area contributed by atoms with Crippen LogP contribution >= 0.6 is 0 Å². The first kappa shape index (κ1) is 35.9. The highest BCUT2D eigenvalue weighted by Crippen LogP contribution is 2.34. The summed E-state index contributed by atoms with van der Waals surface area (Å²) in [5, 5.41) is 3.00. The van der Waals surface area contributed by atoms with Crippen LogP contribution in [-0.2, 0) is 24.2 Å². The van der Waals surface area contributed by atoms with Gasteiger partial charge in [0.1, 0.15) is 5.82 Å². The first-order valence-electron chi connectivity index (χ1n) is 17.6. The molecule has 2 fully saturated rings. The number of carbonyl (C=O) groups is 1. The molecule has 270 valence electrons. The van der Waals surface area contributed by atoms with E-state index in [0.717, 1.165) is 79.3 Å². The Morgan fingerprint density at radius 3 is 2.46 bits per heavy atom. The quantitative estimate of drug-likeness (QED) is 0.334. The van der Waals surface area contributed by atoms with Crippen molar-refractivity contribution in [2.24, 2.45) is 0 Å². The van der Waals surface area contributed by atoms with Gasteiger partial charge in [0.05, 0.1) is 6.54 Å². The van der Waals surface area contributed by atoms with Crippen LogP contribution in [-0.4, -0.2) is 104 Å². The molecule has 0 radical (unpaired) electrons. The summed E-state index contributed by atoms with van der Waals surface area (Å²) in [6.45, 7) is 10.9. The highest BCUT2D eigenvalue weighted by atomic mass is 19.4. The highest BCUT2D eigenvalue weighted by Gasteiger charge is 2.33. The fourth-order valence-electron chi connectivity index (χ4n) is 7.60. The van der Waals surface area contributed by atoms with Gasteiger partial charge >= 0.3 is 6.18 Å². The number of likely N-dealkylation sites (N-methyl/N-ethyl adjacent to an activating group) is 1. The van der Waals surface area contributed by atoms with Crippen LogP contribution in [0.25, 0.3) is 11.1 Å². The third-order valence-electron chi connectivity index (χ3n) is 10.5. The van der Waals surface area contributed by atoms with Crippen LogP contribution in [0, 0.1) is 13.8 Å². The molecule has 13 heteroatoms. The number of benzene rings is 1. The number of carbonyl (C=O) groups excluding carboxylic acids is 1. The van der Waals surface area contributed by atoms with Crippen LogP contribution in [0.2, 0.25) is 0 Å². The molecule has 10 nitrogen and oxygen atoms in total. The molecule has 2 saturated heterocycles. The zero-order chi connectivity index (χ0) is 35.6. The second kappa shape index (κ2) is 15.1. The van der Waals surface area contributed by atoms with Gasteiger partial charge < -0.3 is 29.7 Å². The Hall–Kier alpha value is -3.94. The van der Waals surface area contributed by atoms with Gasteiger partial charge in [-0.15, -0.1) is 0 Å². The summed E-state index contributed by atoms with van der Waals surface area (Å²) < 4.78 is 45.1. The number of aryl methyl sites for hydroxylation is 1. The number of aromatic amines is 1. The van der Waals surface area contributed by atoms with E-state index in [2.05, 4.69) is 51.1 Å². The van der Waals surface area contributed by atoms with Gasteiger partial charge in [-0.2, -0.15) is 13.2 Å². The molecular weight excluding hydrogens is 647 g/mol. The van der Waals surface area contributed by atoms with Crippen LogP contribution in [0.5, 0.6) is 0 Å². The van der Waals surface area contributed by atoms with E-state index in [0.29, 0.717) is 42.0 Å². The Morgan fingerprint density at radius 2 is 1.80 bits per heavy atom. The van der Waals surface area contributed by atoms with Crippen molar-refractivity contribution in [3.8, 4) is 11.1 Å². The molecule has 0 atom stereocenters. The first-order chi connectivity index (χ1) is 23.9. The molecule has 3 aromatic rings. The minimum atomic E-state index is -4.31. The second-order valence-corrected chi connectivity index (χ2v) is 13.8. The lowest BCUT2D eigenvalue weighted by Gasteiger charge is -2.37. The number of nitrogens with zero attached hydrogens (tertiary/aromatic N) is 5. The Labute approximate surface area is 291 Å². The molecule has 6 rings (SSSR count). The second-order valence-electron chi connectivity index (χ2n) is 13.8. The molecule has 50 heavy (non-hydrogen) atoms. The Kier molecular flexibility index (Phi) is 10.8. The number of pyridine rings is 2. The van der Waals surface area contributed by atoms with Crippen molar-refractivity contribution in [3.63, 3.8) is 0 Å². The van der Waals surface area contributed by atoms with Crippen molar-refractivity contribution in [1.82, 2.24) is 25.1 Å². The van der Waals surface area contributed by atoms with E-state index in [1.807, 2.05) is 25.3 Å². The molecule has 3 aliphatic rings. The number of rotatable bonds is 9. The van der Waals surface area contributed by atoms with Gasteiger partial charge in [0.15, 0.2) is 0 Å². The predicted molar refractivity (Wildman–Crippen MR) is 189 cm³/mol. The van der Waals surface area contributed by atoms with Gasteiger partial charge in [-0.3, -0.25) is 14.5 Å². The monoisotopic (exact) mass is 695 g/mol. The minimum absolute atomic E-state index is 0.0339. The predicted octanol–water partition coefficient (Wildman–Crippen LogP) is 4.66. The zero-order valence-electron chi connectivity index (χ0n) is 29.5. The van der Waals surface area contributed by atoms with Gasteiger partial charge in [-0.05, 0) is 93.6 Å². The number of ether oxygens (including phenoxy) is 1. The van der Waals surface area contributed by atoms with Gasteiger partial charge in [0.25, 0.3) is 11.5 Å². The number of piperazine rings is 1. The molecule has 5 heterocycles. The molecule has 2 aromatic heterocycles. The summed E-state index contributed by atoms with van der Waals surface area (Å²) in [6, 6.07) is 8.40. The van der Waals surface area contributed by atoms with E-state index in [4.69, 9.17) is 9.72 Å². The summed E-state index contributed by atoms with van der Waals surface area (Å²) in [7, 11) is 2.12. The molecule has 3 aliphatic heterocycles. The fourth-order valence-corrected chi connectivity index (χ4v) is 7.60. The van der Waals surface area contributed by atoms with Crippen molar-refractivity contribution in [1.29, 1.82) is 0 Å².